The Morgan fingerprint density at radius 2 is 1.65 bits per heavy atom. The minimum absolute atomic E-state index is 0.292. The summed E-state index contributed by atoms with van der Waals surface area (Å²) < 4.78 is 0. The average molecular weight is 294 g/mol. The fourth-order valence-electron chi connectivity index (χ4n) is 1.78. The lowest BCUT2D eigenvalue weighted by Gasteiger charge is -2.25. The van der Waals surface area contributed by atoms with Gasteiger partial charge in [0.05, 0.1) is 12.4 Å². The molecule has 1 aromatic rings. The highest BCUT2D eigenvalue weighted by Gasteiger charge is 2.11. The zero-order valence-electron chi connectivity index (χ0n) is 13.0. The van der Waals surface area contributed by atoms with Crippen LogP contribution in [0, 0.1) is 11.8 Å². The van der Waals surface area contributed by atoms with E-state index >= 15 is 0 Å². The quantitative estimate of drug-likeness (QED) is 0.747. The van der Waals surface area contributed by atoms with Gasteiger partial charge in [-0.1, -0.05) is 39.9 Å². The molecule has 0 saturated heterocycles. The summed E-state index contributed by atoms with van der Waals surface area (Å²) in [7, 11) is 0. The Hall–Kier alpha value is -1.23. The molecule has 5 heteroatoms. The highest BCUT2D eigenvalue weighted by atomic mass is 32.1. The van der Waals surface area contributed by atoms with E-state index in [2.05, 4.69) is 42.6 Å². The molecule has 0 fully saturated rings. The van der Waals surface area contributed by atoms with E-state index in [4.69, 9.17) is 18.0 Å². The predicted molar refractivity (Wildman–Crippen MR) is 89.0 cm³/mol. The summed E-state index contributed by atoms with van der Waals surface area (Å²) in [4.78, 5) is 11.3. The Morgan fingerprint density at radius 3 is 2.00 bits per heavy atom. The van der Waals surface area contributed by atoms with E-state index in [9.17, 15) is 0 Å². The molecule has 0 aromatic carbocycles. The molecule has 0 unspecified atom stereocenters. The van der Waals surface area contributed by atoms with Crippen LogP contribution in [0.4, 0.5) is 5.82 Å². The molecule has 0 aliphatic carbocycles. The topological polar surface area (TPSA) is 55.0 Å². The molecule has 0 atom stereocenters. The van der Waals surface area contributed by atoms with Crippen molar-refractivity contribution in [2.45, 2.75) is 40.5 Å². The van der Waals surface area contributed by atoms with Crippen LogP contribution in [-0.2, 0) is 0 Å². The first-order valence-electron chi connectivity index (χ1n) is 7.27. The molecule has 20 heavy (non-hydrogen) atoms. The van der Waals surface area contributed by atoms with E-state index in [1.54, 1.807) is 12.4 Å². The van der Waals surface area contributed by atoms with Gasteiger partial charge >= 0.3 is 0 Å². The first-order chi connectivity index (χ1) is 9.40. The largest absolute Gasteiger partial charge is 0.388 e. The van der Waals surface area contributed by atoms with Crippen LogP contribution in [0.5, 0.6) is 0 Å². The lowest BCUT2D eigenvalue weighted by atomic mass is 10.1. The average Bonchev–Trinajstić information content (AvgIpc) is 2.38. The highest BCUT2D eigenvalue weighted by molar-refractivity contribution is 7.80. The Balaban J connectivity index is 2.76. The summed E-state index contributed by atoms with van der Waals surface area (Å²) in [6.07, 6.45) is 5.73. The van der Waals surface area contributed by atoms with Crippen molar-refractivity contribution in [1.29, 1.82) is 0 Å². The summed E-state index contributed by atoms with van der Waals surface area (Å²) in [5.41, 5.74) is 6.13. The number of aromatic nitrogens is 2. The van der Waals surface area contributed by atoms with Crippen LogP contribution in [0.2, 0.25) is 0 Å². The van der Waals surface area contributed by atoms with Crippen molar-refractivity contribution in [1.82, 2.24) is 9.97 Å². The molecule has 2 N–H and O–H groups in total. The van der Waals surface area contributed by atoms with Gasteiger partial charge in [0, 0.05) is 13.1 Å². The number of hydrogen-bond acceptors (Lipinski definition) is 4. The van der Waals surface area contributed by atoms with Gasteiger partial charge in [-0.15, -0.1) is 0 Å². The zero-order chi connectivity index (χ0) is 15.1. The van der Waals surface area contributed by atoms with Gasteiger partial charge in [-0.25, -0.2) is 9.97 Å². The SMILES string of the molecule is CC(C)CCN(CCC(C)C)c1cnc(C(N)=S)cn1. The third-order valence-corrected chi connectivity index (χ3v) is 3.38. The van der Waals surface area contributed by atoms with Crippen LogP contribution in [0.3, 0.4) is 0 Å². The zero-order valence-corrected chi connectivity index (χ0v) is 13.8. The minimum Gasteiger partial charge on any atom is -0.388 e. The Kier molecular flexibility index (Phi) is 6.85. The van der Waals surface area contributed by atoms with E-state index in [1.165, 1.54) is 0 Å². The first-order valence-corrected chi connectivity index (χ1v) is 7.67. The van der Waals surface area contributed by atoms with Crippen molar-refractivity contribution < 1.29 is 0 Å². The molecular formula is C15H26N4S. The van der Waals surface area contributed by atoms with Gasteiger partial charge in [0.1, 0.15) is 16.5 Å². The lowest BCUT2D eigenvalue weighted by molar-refractivity contribution is 0.532. The molecule has 1 aromatic heterocycles. The number of anilines is 1. The second-order valence-corrected chi connectivity index (χ2v) is 6.42. The van der Waals surface area contributed by atoms with E-state index in [-0.39, 0.29) is 0 Å². The summed E-state index contributed by atoms with van der Waals surface area (Å²) in [6, 6.07) is 0. The molecule has 0 bridgehead atoms. The Morgan fingerprint density at radius 1 is 1.10 bits per heavy atom. The van der Waals surface area contributed by atoms with Gasteiger partial charge in [-0.3, -0.25) is 0 Å². The van der Waals surface area contributed by atoms with Crippen molar-refractivity contribution in [3.8, 4) is 0 Å². The van der Waals surface area contributed by atoms with Gasteiger partial charge in [0.15, 0.2) is 0 Å². The Labute approximate surface area is 127 Å². The number of thiocarbonyl (C=S) groups is 1. The Bertz CT molecular complexity index is 402. The third kappa shape index (κ3) is 5.82. The van der Waals surface area contributed by atoms with Crippen LogP contribution < -0.4 is 10.6 Å². The third-order valence-electron chi connectivity index (χ3n) is 3.17. The van der Waals surface area contributed by atoms with Crippen LogP contribution in [-0.4, -0.2) is 28.0 Å². The van der Waals surface area contributed by atoms with Crippen LogP contribution in [0.1, 0.15) is 46.2 Å². The standard InChI is InChI=1S/C15H26N4S/c1-11(2)5-7-19(8-6-12(3)4)14-10-17-13(9-18-14)15(16)20/h9-12H,5-8H2,1-4H3,(H2,16,20). The summed E-state index contributed by atoms with van der Waals surface area (Å²) in [5.74, 6) is 2.27. The molecule has 1 heterocycles. The van der Waals surface area contributed by atoms with Gasteiger partial charge in [0.2, 0.25) is 0 Å². The maximum atomic E-state index is 5.55. The second kappa shape index (κ2) is 8.15. The minimum atomic E-state index is 0.292. The summed E-state index contributed by atoms with van der Waals surface area (Å²) in [5, 5.41) is 0. The van der Waals surface area contributed by atoms with Gasteiger partial charge in [-0.2, -0.15) is 0 Å². The van der Waals surface area contributed by atoms with Crippen molar-refractivity contribution in [3.05, 3.63) is 18.1 Å². The summed E-state index contributed by atoms with van der Waals surface area (Å²) in [6.45, 7) is 11.0. The number of nitrogens with two attached hydrogens (primary N) is 1. The fourth-order valence-corrected chi connectivity index (χ4v) is 1.89. The lowest BCUT2D eigenvalue weighted by Crippen LogP contribution is -2.28. The van der Waals surface area contributed by atoms with Crippen molar-refractivity contribution in [2.75, 3.05) is 18.0 Å². The van der Waals surface area contributed by atoms with Crippen LogP contribution in [0.15, 0.2) is 12.4 Å². The molecule has 0 spiro atoms. The highest BCUT2D eigenvalue weighted by Crippen LogP contribution is 2.14. The monoisotopic (exact) mass is 294 g/mol. The van der Waals surface area contributed by atoms with E-state index in [0.717, 1.165) is 31.7 Å². The molecule has 4 nitrogen and oxygen atoms in total. The van der Waals surface area contributed by atoms with Gasteiger partial charge in [0.25, 0.3) is 0 Å². The molecule has 0 radical (unpaired) electrons. The molecule has 0 amide bonds. The van der Waals surface area contributed by atoms with Crippen LogP contribution in [0.25, 0.3) is 0 Å². The normalized spacial score (nSPS) is 11.1. The number of rotatable bonds is 8. The maximum Gasteiger partial charge on any atom is 0.147 e. The van der Waals surface area contributed by atoms with Gasteiger partial charge in [-0.05, 0) is 24.7 Å². The predicted octanol–water partition coefficient (Wildman–Crippen LogP) is 3.01. The molecule has 1 rings (SSSR count). The van der Waals surface area contributed by atoms with Crippen molar-refractivity contribution in [3.63, 3.8) is 0 Å². The van der Waals surface area contributed by atoms with Gasteiger partial charge < -0.3 is 10.6 Å². The van der Waals surface area contributed by atoms with E-state index < -0.39 is 0 Å². The molecular weight excluding hydrogens is 268 g/mol. The van der Waals surface area contributed by atoms with Crippen molar-refractivity contribution in [2.24, 2.45) is 17.6 Å². The van der Waals surface area contributed by atoms with Crippen LogP contribution >= 0.6 is 12.2 Å². The molecule has 0 saturated carbocycles. The van der Waals surface area contributed by atoms with E-state index in [0.29, 0.717) is 22.5 Å². The second-order valence-electron chi connectivity index (χ2n) is 5.98. The molecule has 0 aliphatic rings. The number of hydrogen-bond donors (Lipinski definition) is 1. The summed E-state index contributed by atoms with van der Waals surface area (Å²) >= 11 is 4.90. The smallest absolute Gasteiger partial charge is 0.147 e. The maximum absolute atomic E-state index is 5.55. The number of nitrogens with zero attached hydrogens (tertiary/aromatic N) is 3. The van der Waals surface area contributed by atoms with E-state index in [1.807, 2.05) is 0 Å². The molecule has 112 valence electrons. The first kappa shape index (κ1) is 16.8. The van der Waals surface area contributed by atoms with Crippen molar-refractivity contribution >= 4 is 23.0 Å². The molecule has 0 aliphatic heterocycles. The fraction of sp³-hybridized carbons (Fsp3) is 0.667.